The van der Waals surface area contributed by atoms with Crippen molar-refractivity contribution >= 4 is 11.4 Å². The van der Waals surface area contributed by atoms with Gasteiger partial charge < -0.3 is 10.6 Å². The van der Waals surface area contributed by atoms with E-state index in [4.69, 9.17) is 5.73 Å². The topological polar surface area (TPSA) is 29.3 Å². The van der Waals surface area contributed by atoms with Gasteiger partial charge in [-0.3, -0.25) is 0 Å². The average Bonchev–Trinajstić information content (AvgIpc) is 2.28. The van der Waals surface area contributed by atoms with Gasteiger partial charge >= 0.3 is 0 Å². The van der Waals surface area contributed by atoms with Crippen LogP contribution in [0, 0.1) is 12.8 Å². The summed E-state index contributed by atoms with van der Waals surface area (Å²) < 4.78 is 0. The summed E-state index contributed by atoms with van der Waals surface area (Å²) in [6, 6.07) is 6.84. The Labute approximate surface area is 105 Å². The number of nitrogen functional groups attached to an aromatic ring is 1. The second kappa shape index (κ2) is 4.99. The average molecular weight is 232 g/mol. The van der Waals surface area contributed by atoms with Crippen LogP contribution in [0.3, 0.4) is 0 Å². The predicted octanol–water partition coefficient (Wildman–Crippen LogP) is 3.59. The fourth-order valence-corrected chi connectivity index (χ4v) is 3.10. The number of para-hydroxylation sites is 1. The number of hydrogen-bond acceptors (Lipinski definition) is 2. The lowest BCUT2D eigenvalue weighted by Crippen LogP contribution is -2.36. The van der Waals surface area contributed by atoms with Crippen LogP contribution in [0.5, 0.6) is 0 Å². The van der Waals surface area contributed by atoms with E-state index < -0.39 is 0 Å². The third-order valence-corrected chi connectivity index (χ3v) is 4.08. The molecule has 17 heavy (non-hydrogen) atoms. The zero-order chi connectivity index (χ0) is 12.4. The second-order valence-corrected chi connectivity index (χ2v) is 5.55. The Kier molecular flexibility index (Phi) is 3.60. The predicted molar refractivity (Wildman–Crippen MR) is 75.4 cm³/mol. The van der Waals surface area contributed by atoms with E-state index in [1.54, 1.807) is 0 Å². The minimum absolute atomic E-state index is 0.655. The standard InChI is InChI=1S/C15H24N2/c1-11-6-4-8-13(10-11)17(3)15-12(2)7-5-9-14(15)16/h5,7,9,11,13H,4,6,8,10,16H2,1-3H3. The number of nitrogens with zero attached hydrogens (tertiary/aromatic N) is 1. The first-order chi connectivity index (χ1) is 8.09. The van der Waals surface area contributed by atoms with Crippen molar-refractivity contribution in [1.82, 2.24) is 0 Å². The fourth-order valence-electron chi connectivity index (χ4n) is 3.10. The van der Waals surface area contributed by atoms with Crippen LogP contribution in [-0.4, -0.2) is 13.1 Å². The molecular weight excluding hydrogens is 208 g/mol. The Morgan fingerprint density at radius 3 is 2.71 bits per heavy atom. The summed E-state index contributed by atoms with van der Waals surface area (Å²) in [4.78, 5) is 2.40. The molecule has 0 radical (unpaired) electrons. The van der Waals surface area contributed by atoms with Gasteiger partial charge in [0, 0.05) is 13.1 Å². The van der Waals surface area contributed by atoms with Gasteiger partial charge in [0.1, 0.15) is 0 Å². The number of benzene rings is 1. The maximum atomic E-state index is 6.12. The molecule has 0 amide bonds. The van der Waals surface area contributed by atoms with Crippen molar-refractivity contribution in [3.63, 3.8) is 0 Å². The summed E-state index contributed by atoms with van der Waals surface area (Å²) in [5, 5.41) is 0. The molecule has 2 rings (SSSR count). The van der Waals surface area contributed by atoms with Gasteiger partial charge in [-0.25, -0.2) is 0 Å². The number of nitrogens with two attached hydrogens (primary N) is 1. The van der Waals surface area contributed by atoms with Crippen molar-refractivity contribution in [1.29, 1.82) is 0 Å². The van der Waals surface area contributed by atoms with Gasteiger partial charge in [0.25, 0.3) is 0 Å². The van der Waals surface area contributed by atoms with Crippen molar-refractivity contribution in [2.75, 3.05) is 17.7 Å². The maximum Gasteiger partial charge on any atom is 0.0629 e. The van der Waals surface area contributed by atoms with Crippen molar-refractivity contribution in [2.24, 2.45) is 5.92 Å². The summed E-state index contributed by atoms with van der Waals surface area (Å²) in [5.74, 6) is 0.849. The zero-order valence-electron chi connectivity index (χ0n) is 11.2. The number of anilines is 2. The van der Waals surface area contributed by atoms with Crippen molar-refractivity contribution in [3.8, 4) is 0 Å². The minimum Gasteiger partial charge on any atom is -0.397 e. The Morgan fingerprint density at radius 2 is 2.06 bits per heavy atom. The van der Waals surface area contributed by atoms with E-state index in [1.165, 1.54) is 36.9 Å². The smallest absolute Gasteiger partial charge is 0.0629 e. The molecule has 2 atom stereocenters. The lowest BCUT2D eigenvalue weighted by atomic mass is 9.86. The van der Waals surface area contributed by atoms with E-state index in [0.717, 1.165) is 11.6 Å². The first-order valence-corrected chi connectivity index (χ1v) is 6.67. The van der Waals surface area contributed by atoms with Gasteiger partial charge in [0.15, 0.2) is 0 Å². The molecule has 2 N–H and O–H groups in total. The van der Waals surface area contributed by atoms with Gasteiger partial charge in [0.2, 0.25) is 0 Å². The second-order valence-electron chi connectivity index (χ2n) is 5.55. The Hall–Kier alpha value is -1.18. The van der Waals surface area contributed by atoms with E-state index in [9.17, 15) is 0 Å². The molecule has 0 spiro atoms. The molecule has 1 aliphatic rings. The molecule has 0 saturated heterocycles. The van der Waals surface area contributed by atoms with Crippen molar-refractivity contribution in [2.45, 2.75) is 45.6 Å². The highest BCUT2D eigenvalue weighted by Gasteiger charge is 2.24. The molecule has 1 aliphatic carbocycles. The minimum atomic E-state index is 0.655. The van der Waals surface area contributed by atoms with Crippen LogP contribution < -0.4 is 10.6 Å². The molecule has 2 unspecified atom stereocenters. The highest BCUT2D eigenvalue weighted by atomic mass is 15.1. The molecule has 1 aromatic carbocycles. The van der Waals surface area contributed by atoms with Crippen LogP contribution >= 0.6 is 0 Å². The van der Waals surface area contributed by atoms with Crippen LogP contribution in [0.15, 0.2) is 18.2 Å². The quantitative estimate of drug-likeness (QED) is 0.790. The zero-order valence-corrected chi connectivity index (χ0v) is 11.2. The Bertz CT molecular complexity index is 366. The summed E-state index contributed by atoms with van der Waals surface area (Å²) in [6.45, 7) is 4.51. The molecule has 0 aliphatic heterocycles. The Morgan fingerprint density at radius 1 is 1.29 bits per heavy atom. The van der Waals surface area contributed by atoms with Crippen LogP contribution in [0.4, 0.5) is 11.4 Å². The molecule has 94 valence electrons. The third kappa shape index (κ3) is 2.56. The SMILES string of the molecule is Cc1cccc(N)c1N(C)C1CCCC(C)C1. The number of aryl methyl sites for hydroxylation is 1. The van der Waals surface area contributed by atoms with E-state index in [2.05, 4.69) is 31.9 Å². The first-order valence-electron chi connectivity index (χ1n) is 6.67. The van der Waals surface area contributed by atoms with Crippen molar-refractivity contribution < 1.29 is 0 Å². The van der Waals surface area contributed by atoms with Crippen LogP contribution in [0.25, 0.3) is 0 Å². The highest BCUT2D eigenvalue weighted by Crippen LogP contribution is 2.33. The first kappa shape index (κ1) is 12.3. The van der Waals surface area contributed by atoms with E-state index in [-0.39, 0.29) is 0 Å². The van der Waals surface area contributed by atoms with E-state index in [0.29, 0.717) is 6.04 Å². The van der Waals surface area contributed by atoms with Gasteiger partial charge in [-0.15, -0.1) is 0 Å². The third-order valence-electron chi connectivity index (χ3n) is 4.08. The monoisotopic (exact) mass is 232 g/mol. The molecule has 0 aromatic heterocycles. The van der Waals surface area contributed by atoms with E-state index >= 15 is 0 Å². The van der Waals surface area contributed by atoms with Crippen LogP contribution in [0.1, 0.15) is 38.2 Å². The van der Waals surface area contributed by atoms with Crippen LogP contribution in [-0.2, 0) is 0 Å². The highest BCUT2D eigenvalue weighted by molar-refractivity contribution is 5.71. The Balaban J connectivity index is 2.21. The van der Waals surface area contributed by atoms with Crippen molar-refractivity contribution in [3.05, 3.63) is 23.8 Å². The van der Waals surface area contributed by atoms with Crippen LogP contribution in [0.2, 0.25) is 0 Å². The molecule has 1 fully saturated rings. The normalized spacial score (nSPS) is 24.6. The lowest BCUT2D eigenvalue weighted by molar-refractivity contribution is 0.336. The molecule has 2 heteroatoms. The molecule has 1 aromatic rings. The van der Waals surface area contributed by atoms with Gasteiger partial charge in [-0.2, -0.15) is 0 Å². The molecule has 1 saturated carbocycles. The van der Waals surface area contributed by atoms with Gasteiger partial charge in [-0.05, 0) is 37.3 Å². The van der Waals surface area contributed by atoms with Gasteiger partial charge in [-0.1, -0.05) is 31.9 Å². The van der Waals surface area contributed by atoms with E-state index in [1.807, 2.05) is 12.1 Å². The largest absolute Gasteiger partial charge is 0.397 e. The molecule has 2 nitrogen and oxygen atoms in total. The van der Waals surface area contributed by atoms with Gasteiger partial charge in [0.05, 0.1) is 11.4 Å². The summed E-state index contributed by atoms with van der Waals surface area (Å²) >= 11 is 0. The summed E-state index contributed by atoms with van der Waals surface area (Å²) in [7, 11) is 2.20. The molecular formula is C15H24N2. The molecule has 0 heterocycles. The fraction of sp³-hybridized carbons (Fsp3) is 0.600. The summed E-state index contributed by atoms with van der Waals surface area (Å²) in [6.07, 6.45) is 5.33. The lowest BCUT2D eigenvalue weighted by Gasteiger charge is -2.37. The number of rotatable bonds is 2. The summed E-state index contributed by atoms with van der Waals surface area (Å²) in [5.41, 5.74) is 9.54. The number of hydrogen-bond donors (Lipinski definition) is 1. The molecule has 0 bridgehead atoms. The maximum absolute atomic E-state index is 6.12.